The summed E-state index contributed by atoms with van der Waals surface area (Å²) >= 11 is 0. The van der Waals surface area contributed by atoms with E-state index in [2.05, 4.69) is 15.5 Å². The highest BCUT2D eigenvalue weighted by Crippen LogP contribution is 2.16. The first kappa shape index (κ1) is 11.4. The molecule has 17 heavy (non-hydrogen) atoms. The second-order valence-corrected chi connectivity index (χ2v) is 3.52. The monoisotopic (exact) mass is 235 g/mol. The van der Waals surface area contributed by atoms with Gasteiger partial charge in [0.05, 0.1) is 12.8 Å². The number of carbonyl (C=O) groups is 1. The van der Waals surface area contributed by atoms with E-state index in [1.165, 1.54) is 6.26 Å². The number of aromatic nitrogens is 2. The molecule has 0 fully saturated rings. The lowest BCUT2D eigenvalue weighted by molar-refractivity contribution is -0.121. The van der Waals surface area contributed by atoms with Crippen molar-refractivity contribution in [3.8, 4) is 11.7 Å². The first-order valence-corrected chi connectivity index (χ1v) is 5.42. The van der Waals surface area contributed by atoms with Crippen LogP contribution in [0.5, 0.6) is 0 Å². The molecule has 0 bridgehead atoms. The molecule has 1 N–H and O–H groups in total. The number of nitrogens with zero attached hydrogens (tertiary/aromatic N) is 2. The quantitative estimate of drug-likeness (QED) is 0.853. The fraction of sp³-hybridized carbons (Fsp3) is 0.364. The van der Waals surface area contributed by atoms with Gasteiger partial charge < -0.3 is 14.3 Å². The van der Waals surface area contributed by atoms with Crippen LogP contribution in [0.1, 0.15) is 25.6 Å². The molecule has 0 spiro atoms. The molecule has 90 valence electrons. The summed E-state index contributed by atoms with van der Waals surface area (Å²) in [4.78, 5) is 15.3. The molecule has 0 aliphatic carbocycles. The number of hydrogen-bond acceptors (Lipinski definition) is 5. The minimum absolute atomic E-state index is 0.0168. The van der Waals surface area contributed by atoms with Gasteiger partial charge in [-0.05, 0) is 18.6 Å². The van der Waals surface area contributed by atoms with Gasteiger partial charge in [-0.15, -0.1) is 0 Å². The summed E-state index contributed by atoms with van der Waals surface area (Å²) in [5, 5.41) is 6.45. The van der Waals surface area contributed by atoms with Crippen molar-refractivity contribution in [1.29, 1.82) is 0 Å². The van der Waals surface area contributed by atoms with Crippen LogP contribution in [0.4, 0.5) is 0 Å². The van der Waals surface area contributed by atoms with Gasteiger partial charge in [-0.3, -0.25) is 4.79 Å². The molecule has 0 aliphatic rings. The van der Waals surface area contributed by atoms with Gasteiger partial charge >= 0.3 is 0 Å². The van der Waals surface area contributed by atoms with Crippen LogP contribution in [0, 0.1) is 0 Å². The summed E-state index contributed by atoms with van der Waals surface area (Å²) < 4.78 is 10.1. The number of hydrogen-bond donors (Lipinski definition) is 1. The van der Waals surface area contributed by atoms with Crippen molar-refractivity contribution in [2.24, 2.45) is 0 Å². The maximum Gasteiger partial charge on any atom is 0.293 e. The molecule has 0 saturated heterocycles. The molecule has 2 aromatic rings. The Labute approximate surface area is 98.0 Å². The lowest BCUT2D eigenvalue weighted by atomic mass is 10.3. The molecule has 2 aromatic heterocycles. The molecule has 0 unspecified atom stereocenters. The molecule has 0 aromatic carbocycles. The first-order valence-electron chi connectivity index (χ1n) is 5.42. The van der Waals surface area contributed by atoms with Crippen LogP contribution in [0.15, 0.2) is 27.3 Å². The lowest BCUT2D eigenvalue weighted by Crippen LogP contribution is -2.22. The second kappa shape index (κ2) is 5.29. The predicted octanol–water partition coefficient (Wildman–Crippen LogP) is 1.75. The first-order chi connectivity index (χ1) is 8.29. The van der Waals surface area contributed by atoms with Crippen LogP contribution in [0.3, 0.4) is 0 Å². The van der Waals surface area contributed by atoms with Crippen molar-refractivity contribution >= 4 is 5.91 Å². The number of rotatable bonds is 5. The molecule has 6 heteroatoms. The van der Waals surface area contributed by atoms with E-state index in [0.29, 0.717) is 23.9 Å². The zero-order chi connectivity index (χ0) is 12.1. The lowest BCUT2D eigenvalue weighted by Gasteiger charge is -1.98. The van der Waals surface area contributed by atoms with Crippen LogP contribution in [-0.2, 0) is 11.3 Å². The summed E-state index contributed by atoms with van der Waals surface area (Å²) in [5.41, 5.74) is 0. The van der Waals surface area contributed by atoms with Crippen LogP contribution >= 0.6 is 0 Å². The Morgan fingerprint density at radius 2 is 2.41 bits per heavy atom. The Morgan fingerprint density at radius 1 is 1.53 bits per heavy atom. The number of nitrogens with one attached hydrogen (secondary N) is 1. The maximum absolute atomic E-state index is 11.2. The van der Waals surface area contributed by atoms with Crippen LogP contribution < -0.4 is 5.32 Å². The fourth-order valence-corrected chi connectivity index (χ4v) is 1.32. The van der Waals surface area contributed by atoms with E-state index in [9.17, 15) is 4.79 Å². The zero-order valence-electron chi connectivity index (χ0n) is 9.47. The Morgan fingerprint density at radius 3 is 3.12 bits per heavy atom. The average molecular weight is 235 g/mol. The van der Waals surface area contributed by atoms with Crippen molar-refractivity contribution in [2.75, 3.05) is 0 Å². The molecular formula is C11H13N3O3. The smallest absolute Gasteiger partial charge is 0.293 e. The standard InChI is InChI=1S/C11H13N3O3/c1-2-4-10(15)12-7-9-13-11(17-14-9)8-5-3-6-16-8/h3,5-6H,2,4,7H2,1H3,(H,12,15). The molecule has 0 aliphatic heterocycles. The van der Waals surface area contributed by atoms with Gasteiger partial charge in [-0.25, -0.2) is 0 Å². The molecule has 2 heterocycles. The van der Waals surface area contributed by atoms with E-state index in [4.69, 9.17) is 8.94 Å². The van der Waals surface area contributed by atoms with Gasteiger partial charge in [0.25, 0.3) is 5.89 Å². The van der Waals surface area contributed by atoms with Gasteiger partial charge in [0, 0.05) is 6.42 Å². The topological polar surface area (TPSA) is 81.2 Å². The summed E-state index contributed by atoms with van der Waals surface area (Å²) in [6.07, 6.45) is 2.85. The Hall–Kier alpha value is -2.11. The van der Waals surface area contributed by atoms with E-state index < -0.39 is 0 Å². The van der Waals surface area contributed by atoms with Crippen molar-refractivity contribution in [3.63, 3.8) is 0 Å². The van der Waals surface area contributed by atoms with Crippen LogP contribution in [0.2, 0.25) is 0 Å². The largest absolute Gasteiger partial charge is 0.459 e. The summed E-state index contributed by atoms with van der Waals surface area (Å²) in [5.74, 6) is 1.25. The fourth-order valence-electron chi connectivity index (χ4n) is 1.32. The average Bonchev–Trinajstić information content (AvgIpc) is 2.97. The Kier molecular flexibility index (Phi) is 3.54. The predicted molar refractivity (Wildman–Crippen MR) is 58.8 cm³/mol. The van der Waals surface area contributed by atoms with Gasteiger partial charge in [-0.1, -0.05) is 12.1 Å². The number of carbonyl (C=O) groups excluding carboxylic acids is 1. The third kappa shape index (κ3) is 2.93. The highest BCUT2D eigenvalue weighted by molar-refractivity contribution is 5.75. The van der Waals surface area contributed by atoms with E-state index in [1.807, 2.05) is 6.92 Å². The maximum atomic E-state index is 11.2. The Bertz CT molecular complexity index is 476. The van der Waals surface area contributed by atoms with Crippen LogP contribution in [-0.4, -0.2) is 16.0 Å². The molecule has 0 saturated carbocycles. The molecule has 1 amide bonds. The number of amides is 1. The summed E-state index contributed by atoms with van der Waals surface area (Å²) in [7, 11) is 0. The summed E-state index contributed by atoms with van der Waals surface area (Å²) in [6, 6.07) is 3.47. The zero-order valence-corrected chi connectivity index (χ0v) is 9.47. The van der Waals surface area contributed by atoms with E-state index >= 15 is 0 Å². The van der Waals surface area contributed by atoms with Crippen molar-refractivity contribution in [2.45, 2.75) is 26.3 Å². The minimum Gasteiger partial charge on any atom is -0.459 e. The molecule has 0 radical (unpaired) electrons. The molecule has 2 rings (SSSR count). The van der Waals surface area contributed by atoms with Crippen molar-refractivity contribution in [3.05, 3.63) is 24.2 Å². The van der Waals surface area contributed by atoms with Gasteiger partial charge in [0.15, 0.2) is 11.6 Å². The number of furan rings is 1. The van der Waals surface area contributed by atoms with E-state index in [1.54, 1.807) is 12.1 Å². The molecule has 0 atom stereocenters. The van der Waals surface area contributed by atoms with Crippen LogP contribution in [0.25, 0.3) is 11.7 Å². The minimum atomic E-state index is -0.0168. The molecular weight excluding hydrogens is 222 g/mol. The third-order valence-corrected chi connectivity index (χ3v) is 2.12. The van der Waals surface area contributed by atoms with Gasteiger partial charge in [0.1, 0.15) is 0 Å². The normalized spacial score (nSPS) is 10.4. The third-order valence-electron chi connectivity index (χ3n) is 2.12. The van der Waals surface area contributed by atoms with Gasteiger partial charge in [0.2, 0.25) is 5.91 Å². The highest BCUT2D eigenvalue weighted by atomic mass is 16.5. The second-order valence-electron chi connectivity index (χ2n) is 3.52. The highest BCUT2D eigenvalue weighted by Gasteiger charge is 2.11. The van der Waals surface area contributed by atoms with Crippen molar-refractivity contribution < 1.29 is 13.7 Å². The van der Waals surface area contributed by atoms with E-state index in [-0.39, 0.29) is 12.5 Å². The van der Waals surface area contributed by atoms with Gasteiger partial charge in [-0.2, -0.15) is 4.98 Å². The summed E-state index contributed by atoms with van der Waals surface area (Å²) in [6.45, 7) is 2.21. The SMILES string of the molecule is CCCC(=O)NCc1noc(-c2ccco2)n1. The van der Waals surface area contributed by atoms with Crippen molar-refractivity contribution in [1.82, 2.24) is 15.5 Å². The Balaban J connectivity index is 1.93. The van der Waals surface area contributed by atoms with E-state index in [0.717, 1.165) is 6.42 Å². The molecule has 6 nitrogen and oxygen atoms in total.